The van der Waals surface area contributed by atoms with Gasteiger partial charge in [0.05, 0.1) is 11.6 Å². The van der Waals surface area contributed by atoms with E-state index >= 15 is 0 Å². The molecule has 21 heavy (non-hydrogen) atoms. The Morgan fingerprint density at radius 2 is 2.14 bits per heavy atom. The molecular formula is C13H15N5O2S. The molecule has 3 rings (SSSR count). The summed E-state index contributed by atoms with van der Waals surface area (Å²) in [5, 5.41) is 21.6. The average Bonchev–Trinajstić information content (AvgIpc) is 3.08. The molecule has 1 aliphatic carbocycles. The third-order valence-corrected chi connectivity index (χ3v) is 4.58. The molecule has 0 atom stereocenters. The molecule has 1 saturated carbocycles. The fourth-order valence-electron chi connectivity index (χ4n) is 2.53. The molecule has 1 aromatic heterocycles. The first kappa shape index (κ1) is 13.9. The van der Waals surface area contributed by atoms with Crippen LogP contribution in [0.1, 0.15) is 42.1 Å². The lowest BCUT2D eigenvalue weighted by Gasteiger charge is -2.11. The van der Waals surface area contributed by atoms with Gasteiger partial charge >= 0.3 is 5.97 Å². The molecule has 0 amide bonds. The molecule has 1 heterocycles. The third-order valence-electron chi connectivity index (χ3n) is 3.57. The number of nitrogen functional groups attached to an aromatic ring is 1. The Balaban J connectivity index is 1.92. The lowest BCUT2D eigenvalue weighted by atomic mass is 10.2. The van der Waals surface area contributed by atoms with Gasteiger partial charge in [0.25, 0.3) is 0 Å². The first-order valence-corrected chi connectivity index (χ1v) is 7.55. The van der Waals surface area contributed by atoms with Crippen LogP contribution in [0, 0.1) is 0 Å². The van der Waals surface area contributed by atoms with E-state index < -0.39 is 5.97 Å². The van der Waals surface area contributed by atoms with E-state index in [4.69, 9.17) is 5.73 Å². The first-order chi connectivity index (χ1) is 10.1. The van der Waals surface area contributed by atoms with Crippen molar-refractivity contribution in [3.05, 3.63) is 23.8 Å². The predicted octanol–water partition coefficient (Wildman–Crippen LogP) is 2.22. The van der Waals surface area contributed by atoms with E-state index in [1.165, 1.54) is 30.7 Å². The van der Waals surface area contributed by atoms with Gasteiger partial charge in [0.15, 0.2) is 0 Å². The number of benzene rings is 1. The highest BCUT2D eigenvalue weighted by molar-refractivity contribution is 7.99. The largest absolute Gasteiger partial charge is 0.478 e. The smallest absolute Gasteiger partial charge is 0.336 e. The van der Waals surface area contributed by atoms with Gasteiger partial charge in [0.1, 0.15) is 0 Å². The highest BCUT2D eigenvalue weighted by Gasteiger charge is 2.23. The number of nitrogens with two attached hydrogens (primary N) is 1. The Morgan fingerprint density at radius 1 is 1.38 bits per heavy atom. The first-order valence-electron chi connectivity index (χ1n) is 6.73. The van der Waals surface area contributed by atoms with Gasteiger partial charge < -0.3 is 10.8 Å². The number of hydrogen-bond donors (Lipinski definition) is 2. The molecule has 0 spiro atoms. The summed E-state index contributed by atoms with van der Waals surface area (Å²) in [7, 11) is 0. The molecule has 1 fully saturated rings. The number of nitrogens with zero attached hydrogens (tertiary/aromatic N) is 4. The van der Waals surface area contributed by atoms with E-state index in [1.807, 2.05) is 0 Å². The summed E-state index contributed by atoms with van der Waals surface area (Å²) in [5.74, 6) is -0.989. The second kappa shape index (κ2) is 5.72. The Morgan fingerprint density at radius 3 is 2.86 bits per heavy atom. The molecule has 0 saturated heterocycles. The number of rotatable bonds is 4. The van der Waals surface area contributed by atoms with Crippen LogP contribution in [-0.2, 0) is 0 Å². The van der Waals surface area contributed by atoms with Gasteiger partial charge in [0, 0.05) is 10.6 Å². The molecule has 1 aliphatic rings. The van der Waals surface area contributed by atoms with E-state index in [-0.39, 0.29) is 5.56 Å². The quantitative estimate of drug-likeness (QED) is 0.834. The predicted molar refractivity (Wildman–Crippen MR) is 77.3 cm³/mol. The number of aromatic nitrogens is 4. The molecule has 110 valence electrons. The zero-order chi connectivity index (χ0) is 14.8. The van der Waals surface area contributed by atoms with Gasteiger partial charge in [-0.2, -0.15) is 0 Å². The van der Waals surface area contributed by atoms with Crippen molar-refractivity contribution in [2.24, 2.45) is 0 Å². The normalized spacial score (nSPS) is 15.4. The van der Waals surface area contributed by atoms with Crippen molar-refractivity contribution in [2.75, 3.05) is 5.73 Å². The third kappa shape index (κ3) is 2.85. The van der Waals surface area contributed by atoms with Crippen LogP contribution < -0.4 is 5.73 Å². The molecule has 1 aromatic carbocycles. The fourth-order valence-corrected chi connectivity index (χ4v) is 3.54. The number of hydrogen-bond acceptors (Lipinski definition) is 6. The second-order valence-corrected chi connectivity index (χ2v) is 6.02. The number of carbonyl (C=O) groups is 1. The van der Waals surface area contributed by atoms with Gasteiger partial charge in [-0.05, 0) is 53.2 Å². The van der Waals surface area contributed by atoms with Crippen LogP contribution >= 0.6 is 11.8 Å². The van der Waals surface area contributed by atoms with Crippen molar-refractivity contribution < 1.29 is 9.90 Å². The summed E-state index contributed by atoms with van der Waals surface area (Å²) in [4.78, 5) is 11.8. The number of carboxylic acid groups (broad SMARTS) is 1. The maximum absolute atomic E-state index is 11.3. The van der Waals surface area contributed by atoms with Crippen molar-refractivity contribution in [1.82, 2.24) is 20.2 Å². The number of anilines is 1. The van der Waals surface area contributed by atoms with Crippen LogP contribution in [-0.4, -0.2) is 31.3 Å². The molecule has 0 bridgehead atoms. The zero-order valence-corrected chi connectivity index (χ0v) is 12.1. The van der Waals surface area contributed by atoms with Gasteiger partial charge in [-0.1, -0.05) is 12.8 Å². The standard InChI is InChI=1S/C13H15N5O2S/c14-8-5-6-10(12(19)20)11(7-8)21-13-15-16-17-18(13)9-3-1-2-4-9/h5-7,9H,1-4,14H2,(H,19,20). The van der Waals surface area contributed by atoms with Crippen LogP contribution in [0.4, 0.5) is 5.69 Å². The van der Waals surface area contributed by atoms with E-state index in [2.05, 4.69) is 15.5 Å². The summed E-state index contributed by atoms with van der Waals surface area (Å²) < 4.78 is 1.80. The van der Waals surface area contributed by atoms with E-state index in [1.54, 1.807) is 16.8 Å². The summed E-state index contributed by atoms with van der Waals surface area (Å²) >= 11 is 1.24. The highest BCUT2D eigenvalue weighted by atomic mass is 32.2. The Labute approximate surface area is 125 Å². The van der Waals surface area contributed by atoms with Gasteiger partial charge in [0.2, 0.25) is 5.16 Å². The van der Waals surface area contributed by atoms with Gasteiger partial charge in [-0.25, -0.2) is 9.48 Å². The highest BCUT2D eigenvalue weighted by Crippen LogP contribution is 2.35. The van der Waals surface area contributed by atoms with Crippen LogP contribution in [0.3, 0.4) is 0 Å². The van der Waals surface area contributed by atoms with Crippen LogP contribution in [0.2, 0.25) is 0 Å². The molecule has 0 unspecified atom stereocenters. The topological polar surface area (TPSA) is 107 Å². The van der Waals surface area contributed by atoms with Crippen molar-refractivity contribution in [2.45, 2.75) is 41.8 Å². The Bertz CT molecular complexity index is 666. The van der Waals surface area contributed by atoms with Gasteiger partial charge in [-0.3, -0.25) is 0 Å². The summed E-state index contributed by atoms with van der Waals surface area (Å²) in [5.41, 5.74) is 6.47. The number of aromatic carboxylic acids is 1. The number of tetrazole rings is 1. The minimum atomic E-state index is -0.989. The van der Waals surface area contributed by atoms with Crippen molar-refractivity contribution >= 4 is 23.4 Å². The SMILES string of the molecule is Nc1ccc(C(=O)O)c(Sc2nnnn2C2CCCC2)c1. The molecule has 0 radical (unpaired) electrons. The second-order valence-electron chi connectivity index (χ2n) is 5.01. The fraction of sp³-hybridized carbons (Fsp3) is 0.385. The average molecular weight is 305 g/mol. The number of carboxylic acids is 1. The minimum absolute atomic E-state index is 0.204. The monoisotopic (exact) mass is 305 g/mol. The molecule has 7 nitrogen and oxygen atoms in total. The molecule has 2 aromatic rings. The van der Waals surface area contributed by atoms with Crippen LogP contribution in [0.15, 0.2) is 28.3 Å². The Kier molecular flexibility index (Phi) is 3.78. The zero-order valence-electron chi connectivity index (χ0n) is 11.3. The van der Waals surface area contributed by atoms with Crippen molar-refractivity contribution in [3.63, 3.8) is 0 Å². The lowest BCUT2D eigenvalue weighted by Crippen LogP contribution is -2.08. The summed E-state index contributed by atoms with van der Waals surface area (Å²) in [6.45, 7) is 0. The van der Waals surface area contributed by atoms with Crippen molar-refractivity contribution in [1.29, 1.82) is 0 Å². The molecule has 8 heteroatoms. The molecule has 0 aliphatic heterocycles. The van der Waals surface area contributed by atoms with Crippen LogP contribution in [0.25, 0.3) is 0 Å². The maximum Gasteiger partial charge on any atom is 0.336 e. The van der Waals surface area contributed by atoms with Crippen LogP contribution in [0.5, 0.6) is 0 Å². The minimum Gasteiger partial charge on any atom is -0.478 e. The summed E-state index contributed by atoms with van der Waals surface area (Å²) in [6, 6.07) is 5.02. The van der Waals surface area contributed by atoms with E-state index in [9.17, 15) is 9.90 Å². The molecule has 3 N–H and O–H groups in total. The van der Waals surface area contributed by atoms with E-state index in [0.717, 1.165) is 12.8 Å². The van der Waals surface area contributed by atoms with Crippen molar-refractivity contribution in [3.8, 4) is 0 Å². The molecular weight excluding hydrogens is 290 g/mol. The summed E-state index contributed by atoms with van der Waals surface area (Å²) in [6.07, 6.45) is 4.46. The Hall–Kier alpha value is -2.09. The maximum atomic E-state index is 11.3. The lowest BCUT2D eigenvalue weighted by molar-refractivity contribution is 0.0693. The van der Waals surface area contributed by atoms with Gasteiger partial charge in [-0.15, -0.1) is 5.10 Å². The van der Waals surface area contributed by atoms with E-state index in [0.29, 0.717) is 21.8 Å².